The summed E-state index contributed by atoms with van der Waals surface area (Å²) in [6, 6.07) is 0. The van der Waals surface area contributed by atoms with Crippen molar-refractivity contribution in [2.45, 2.75) is 372 Å². The second-order valence-corrected chi connectivity index (χ2v) is 29.2. The van der Waals surface area contributed by atoms with Gasteiger partial charge in [0.05, 0.1) is 0 Å². The zero-order valence-electron chi connectivity index (χ0n) is 50.1. The van der Waals surface area contributed by atoms with Crippen LogP contribution >= 0.6 is 0 Å². The van der Waals surface area contributed by atoms with E-state index in [1.807, 2.05) is 0 Å². The van der Waals surface area contributed by atoms with Crippen molar-refractivity contribution in [1.82, 2.24) is 0 Å². The van der Waals surface area contributed by atoms with Gasteiger partial charge in [0.1, 0.15) is 0 Å². The van der Waals surface area contributed by atoms with Gasteiger partial charge in [0.2, 0.25) is 0 Å². The average Bonchev–Trinajstić information content (AvgIpc) is 3.38. The first-order valence-corrected chi connectivity index (χ1v) is 39.3. The zero-order valence-corrected chi connectivity index (χ0v) is 53.0. The molecule has 0 atom stereocenters. The number of carbonyl (C=O) groups is 3. The quantitative estimate of drug-likeness (QED) is 0.0343. The van der Waals surface area contributed by atoms with Crippen molar-refractivity contribution < 1.29 is 23.6 Å². The van der Waals surface area contributed by atoms with Gasteiger partial charge in [-0.25, -0.2) is 0 Å². The van der Waals surface area contributed by atoms with Crippen LogP contribution in [-0.2, 0) is 23.6 Å². The summed E-state index contributed by atoms with van der Waals surface area (Å²) in [4.78, 5) is 41.0. The predicted octanol–water partition coefficient (Wildman–Crippen LogP) is 23.0. The van der Waals surface area contributed by atoms with E-state index < -0.39 is 37.5 Å². The number of carbonyl (C=O) groups excluding carboxylic acids is 3. The van der Waals surface area contributed by atoms with Crippen LogP contribution in [0.2, 0.25) is 4.94 Å². The van der Waals surface area contributed by atoms with E-state index >= 15 is 0 Å². The van der Waals surface area contributed by atoms with E-state index in [-0.39, 0.29) is 19.3 Å². The maximum absolute atomic E-state index is 13.1. The van der Waals surface area contributed by atoms with Crippen molar-refractivity contribution in [3.8, 4) is 0 Å². The summed E-state index contributed by atoms with van der Waals surface area (Å²) in [7, 11) is 0. The smallest absolute Gasteiger partial charge is 0.0885 e. The van der Waals surface area contributed by atoms with Crippen LogP contribution in [0.4, 0.5) is 0 Å². The van der Waals surface area contributed by atoms with E-state index in [1.54, 1.807) is 4.94 Å². The van der Waals surface area contributed by atoms with Crippen molar-refractivity contribution in [3.05, 3.63) is 36.5 Å². The number of allylic oxidation sites excluding steroid dienone is 6. The van der Waals surface area contributed by atoms with Crippen molar-refractivity contribution >= 4 is 37.5 Å². The standard InChI is InChI=1S/3C22H42O2.CH3.Sn/c3*1-2-3-4-5-6-7-8-9-10-11-12-13-14-15-16-17-18-19-20-21-22(23)24;;/h3*9-10H,2-8,11-21H2,1H3,(H,23,24);1H3;/q;;;;+3/p-3/b3*10-9-;;. The van der Waals surface area contributed by atoms with Crippen molar-refractivity contribution in [3.63, 3.8) is 0 Å². The molecule has 0 spiro atoms. The van der Waals surface area contributed by atoms with E-state index in [1.165, 1.54) is 270 Å². The van der Waals surface area contributed by atoms with Crippen LogP contribution in [-0.4, -0.2) is 37.5 Å². The minimum atomic E-state index is -4.77. The second kappa shape index (κ2) is 60.7. The van der Waals surface area contributed by atoms with Gasteiger partial charge in [-0.05, 0) is 57.8 Å². The molecule has 0 heterocycles. The van der Waals surface area contributed by atoms with Gasteiger partial charge in [0.15, 0.2) is 0 Å². The Hall–Kier alpha value is -1.57. The Bertz CT molecular complexity index is 1130. The third-order valence-corrected chi connectivity index (χ3v) is 20.0. The molecule has 0 aromatic carbocycles. The van der Waals surface area contributed by atoms with Gasteiger partial charge in [0, 0.05) is 0 Å². The zero-order chi connectivity index (χ0) is 53.8. The molecule has 7 heteroatoms. The molecule has 0 aromatic heterocycles. The van der Waals surface area contributed by atoms with Crippen LogP contribution in [0.1, 0.15) is 367 Å². The monoisotopic (exact) mass is 1150 g/mol. The number of hydrogen-bond donors (Lipinski definition) is 0. The number of hydrogen-bond acceptors (Lipinski definition) is 6. The molecule has 0 rings (SSSR count). The molecule has 434 valence electrons. The van der Waals surface area contributed by atoms with Gasteiger partial charge >= 0.3 is 259 Å². The van der Waals surface area contributed by atoms with Crippen LogP contribution in [0.15, 0.2) is 36.5 Å². The van der Waals surface area contributed by atoms with Gasteiger partial charge in [-0.1, -0.05) is 154 Å². The summed E-state index contributed by atoms with van der Waals surface area (Å²) >= 11 is -4.77. The molecule has 0 amide bonds. The fraction of sp³-hybridized carbons (Fsp3) is 0.866. The van der Waals surface area contributed by atoms with Crippen molar-refractivity contribution in [2.75, 3.05) is 0 Å². The van der Waals surface area contributed by atoms with Gasteiger partial charge in [-0.15, -0.1) is 0 Å². The minimum Gasteiger partial charge on any atom is -0.0885 e. The summed E-state index contributed by atoms with van der Waals surface area (Å²) in [6.07, 6.45) is 78.4. The summed E-state index contributed by atoms with van der Waals surface area (Å²) in [6.45, 7) is 6.83. The molecule has 74 heavy (non-hydrogen) atoms. The molecule has 0 aliphatic carbocycles. The average molecular weight is 1150 g/mol. The second-order valence-electron chi connectivity index (χ2n) is 22.5. The molecule has 0 aliphatic rings. The molecule has 0 fully saturated rings. The number of unbranched alkanes of at least 4 members (excludes halogenated alkanes) is 45. The summed E-state index contributed by atoms with van der Waals surface area (Å²) < 4.78 is 17.6. The normalized spacial score (nSPS) is 12.0. The third kappa shape index (κ3) is 58.1. The Balaban J connectivity index is 4.47. The maximum atomic E-state index is 13.1. The van der Waals surface area contributed by atoms with E-state index in [0.717, 1.165) is 57.8 Å². The van der Waals surface area contributed by atoms with E-state index in [0.29, 0.717) is 0 Å². The molecular weight excluding hydrogens is 1020 g/mol. The van der Waals surface area contributed by atoms with Crippen LogP contribution < -0.4 is 0 Å². The number of rotatable bonds is 60. The van der Waals surface area contributed by atoms with Gasteiger partial charge < -0.3 is 0 Å². The predicted molar refractivity (Wildman–Crippen MR) is 324 cm³/mol. The molecule has 0 saturated carbocycles. The first-order chi connectivity index (χ1) is 36.4. The molecular formula is C67H126O6Sn. The Morgan fingerprint density at radius 3 is 0.568 bits per heavy atom. The molecule has 0 aromatic rings. The van der Waals surface area contributed by atoms with E-state index in [9.17, 15) is 14.4 Å². The van der Waals surface area contributed by atoms with E-state index in [2.05, 4.69) is 57.2 Å². The molecule has 0 N–H and O–H groups in total. The SMILES string of the molecule is CCCCCCCC/C=C\CCCCCCCCCCCC(=O)[O][Sn]([CH3])([O]C(=O)CCCCCCCCCCC/C=C\CCCCCCCC)[O]C(=O)CCCCCCCCCCC/C=C\CCCCCCCC. The van der Waals surface area contributed by atoms with Crippen molar-refractivity contribution in [1.29, 1.82) is 0 Å². The molecule has 0 radical (unpaired) electrons. The fourth-order valence-corrected chi connectivity index (χ4v) is 14.7. The Kier molecular flexibility index (Phi) is 59.4. The Labute approximate surface area is 467 Å². The molecule has 6 nitrogen and oxygen atoms in total. The Morgan fingerprint density at radius 1 is 0.243 bits per heavy atom. The van der Waals surface area contributed by atoms with Crippen LogP contribution in [0, 0.1) is 0 Å². The topological polar surface area (TPSA) is 78.9 Å². The Morgan fingerprint density at radius 2 is 0.392 bits per heavy atom. The van der Waals surface area contributed by atoms with Crippen LogP contribution in [0.3, 0.4) is 0 Å². The van der Waals surface area contributed by atoms with Gasteiger partial charge in [0.25, 0.3) is 0 Å². The summed E-state index contributed by atoms with van der Waals surface area (Å²) in [5.41, 5.74) is 0. The van der Waals surface area contributed by atoms with Crippen molar-refractivity contribution in [2.24, 2.45) is 0 Å². The molecule has 0 saturated heterocycles. The molecule has 0 aliphatic heterocycles. The fourth-order valence-electron chi connectivity index (χ4n) is 9.98. The first-order valence-electron chi connectivity index (χ1n) is 33.0. The van der Waals surface area contributed by atoms with E-state index in [4.69, 9.17) is 9.22 Å². The minimum absolute atomic E-state index is 0.265. The molecule has 0 bridgehead atoms. The summed E-state index contributed by atoms with van der Waals surface area (Å²) in [5.74, 6) is -1.19. The van der Waals surface area contributed by atoms with Gasteiger partial charge in [-0.2, -0.15) is 0 Å². The van der Waals surface area contributed by atoms with Crippen LogP contribution in [0.25, 0.3) is 0 Å². The summed E-state index contributed by atoms with van der Waals surface area (Å²) in [5, 5.41) is 0. The first kappa shape index (κ1) is 72.4. The van der Waals surface area contributed by atoms with Gasteiger partial charge in [-0.3, -0.25) is 0 Å². The third-order valence-electron chi connectivity index (χ3n) is 14.8. The molecule has 0 unspecified atom stereocenters. The van der Waals surface area contributed by atoms with Crippen LogP contribution in [0.5, 0.6) is 0 Å².